The van der Waals surface area contributed by atoms with Gasteiger partial charge >= 0.3 is 5.97 Å². The molecule has 0 unspecified atom stereocenters. The second-order valence-corrected chi connectivity index (χ2v) is 4.41. The molecule has 0 saturated carbocycles. The van der Waals surface area contributed by atoms with Crippen molar-refractivity contribution in [1.82, 2.24) is 14.8 Å². The van der Waals surface area contributed by atoms with E-state index in [0.717, 1.165) is 11.4 Å². The molecule has 0 amide bonds. The number of aromatic carboxylic acids is 1. The van der Waals surface area contributed by atoms with E-state index in [2.05, 4.69) is 15.4 Å². The van der Waals surface area contributed by atoms with Gasteiger partial charge in [0.05, 0.1) is 12.2 Å². The normalized spacial score (nSPS) is 10.5. The molecule has 19 heavy (non-hydrogen) atoms. The van der Waals surface area contributed by atoms with Crippen molar-refractivity contribution in [3.8, 4) is 0 Å². The lowest BCUT2D eigenvalue weighted by Gasteiger charge is -2.12. The predicted molar refractivity (Wildman–Crippen MR) is 71.2 cm³/mol. The summed E-state index contributed by atoms with van der Waals surface area (Å²) in [5, 5.41) is 16.4. The van der Waals surface area contributed by atoms with Crippen LogP contribution in [-0.4, -0.2) is 25.8 Å². The quantitative estimate of drug-likeness (QED) is 0.875. The Morgan fingerprint density at radius 1 is 1.47 bits per heavy atom. The standard InChI is InChI=1S/C13H16N4O2/c1-8-6-9(2)16-12(11(8)13(18)19)14-7-10-4-5-15-17(10)3/h4-6H,7H2,1-3H3,(H,14,16)(H,18,19). The van der Waals surface area contributed by atoms with Gasteiger partial charge in [0.2, 0.25) is 0 Å². The summed E-state index contributed by atoms with van der Waals surface area (Å²) in [7, 11) is 1.84. The van der Waals surface area contributed by atoms with E-state index in [0.29, 0.717) is 17.9 Å². The summed E-state index contributed by atoms with van der Waals surface area (Å²) in [5.41, 5.74) is 2.66. The first-order chi connectivity index (χ1) is 8.99. The fourth-order valence-electron chi connectivity index (χ4n) is 1.98. The van der Waals surface area contributed by atoms with Gasteiger partial charge in [0.25, 0.3) is 0 Å². The van der Waals surface area contributed by atoms with Gasteiger partial charge in [-0.1, -0.05) is 0 Å². The van der Waals surface area contributed by atoms with Crippen LogP contribution in [0, 0.1) is 13.8 Å². The molecule has 0 aromatic carbocycles. The van der Waals surface area contributed by atoms with Crippen LogP contribution in [0.25, 0.3) is 0 Å². The Hall–Kier alpha value is -2.37. The van der Waals surface area contributed by atoms with E-state index in [1.165, 1.54) is 0 Å². The third-order valence-corrected chi connectivity index (χ3v) is 2.92. The number of anilines is 1. The van der Waals surface area contributed by atoms with E-state index in [1.54, 1.807) is 23.9 Å². The highest BCUT2D eigenvalue weighted by Crippen LogP contribution is 2.19. The first kappa shape index (κ1) is 13.1. The minimum Gasteiger partial charge on any atom is -0.478 e. The second-order valence-electron chi connectivity index (χ2n) is 4.41. The maximum atomic E-state index is 11.3. The molecule has 2 aromatic rings. The molecule has 0 bridgehead atoms. The zero-order valence-corrected chi connectivity index (χ0v) is 11.1. The molecule has 100 valence electrons. The minimum atomic E-state index is -0.975. The number of rotatable bonds is 4. The zero-order valence-electron chi connectivity index (χ0n) is 11.1. The van der Waals surface area contributed by atoms with Crippen molar-refractivity contribution in [2.75, 3.05) is 5.32 Å². The van der Waals surface area contributed by atoms with Gasteiger partial charge in [-0.25, -0.2) is 9.78 Å². The van der Waals surface area contributed by atoms with Gasteiger partial charge in [-0.3, -0.25) is 4.68 Å². The largest absolute Gasteiger partial charge is 0.478 e. The Balaban J connectivity index is 2.29. The number of carbonyl (C=O) groups is 1. The fraction of sp³-hybridized carbons (Fsp3) is 0.308. The highest BCUT2D eigenvalue weighted by molar-refractivity contribution is 5.94. The summed E-state index contributed by atoms with van der Waals surface area (Å²) in [6.07, 6.45) is 1.70. The molecule has 0 spiro atoms. The molecule has 6 nitrogen and oxygen atoms in total. The van der Waals surface area contributed by atoms with Crippen LogP contribution in [0.15, 0.2) is 18.3 Å². The van der Waals surface area contributed by atoms with Crippen LogP contribution in [-0.2, 0) is 13.6 Å². The molecular formula is C13H16N4O2. The van der Waals surface area contributed by atoms with E-state index in [-0.39, 0.29) is 5.56 Å². The second kappa shape index (κ2) is 5.09. The monoisotopic (exact) mass is 260 g/mol. The lowest BCUT2D eigenvalue weighted by atomic mass is 10.1. The topological polar surface area (TPSA) is 80.0 Å². The Kier molecular flexibility index (Phi) is 3.50. The Bertz CT molecular complexity index is 619. The number of aryl methyl sites for hydroxylation is 3. The molecular weight excluding hydrogens is 244 g/mol. The number of hydrogen-bond acceptors (Lipinski definition) is 4. The number of pyridine rings is 1. The van der Waals surface area contributed by atoms with Gasteiger partial charge in [0.1, 0.15) is 11.4 Å². The summed E-state index contributed by atoms with van der Waals surface area (Å²) >= 11 is 0. The molecule has 2 N–H and O–H groups in total. The number of carboxylic acid groups (broad SMARTS) is 1. The van der Waals surface area contributed by atoms with E-state index in [9.17, 15) is 9.90 Å². The summed E-state index contributed by atoms with van der Waals surface area (Å²) in [4.78, 5) is 15.5. The molecule has 0 aliphatic carbocycles. The number of aromatic nitrogens is 3. The van der Waals surface area contributed by atoms with Gasteiger partial charge in [-0.05, 0) is 31.5 Å². The molecule has 0 aliphatic rings. The summed E-state index contributed by atoms with van der Waals surface area (Å²) in [6, 6.07) is 3.63. The van der Waals surface area contributed by atoms with Crippen molar-refractivity contribution in [3.05, 3.63) is 40.8 Å². The van der Waals surface area contributed by atoms with E-state index in [4.69, 9.17) is 0 Å². The minimum absolute atomic E-state index is 0.216. The first-order valence-electron chi connectivity index (χ1n) is 5.91. The van der Waals surface area contributed by atoms with Crippen molar-refractivity contribution in [1.29, 1.82) is 0 Å². The molecule has 6 heteroatoms. The summed E-state index contributed by atoms with van der Waals surface area (Å²) in [5.74, 6) is -0.580. The van der Waals surface area contributed by atoms with Crippen molar-refractivity contribution < 1.29 is 9.90 Å². The van der Waals surface area contributed by atoms with Crippen LogP contribution in [0.3, 0.4) is 0 Å². The van der Waals surface area contributed by atoms with Gasteiger partial charge in [-0.2, -0.15) is 5.10 Å². The zero-order chi connectivity index (χ0) is 14.0. The Morgan fingerprint density at radius 3 is 2.79 bits per heavy atom. The highest BCUT2D eigenvalue weighted by Gasteiger charge is 2.15. The van der Waals surface area contributed by atoms with Crippen LogP contribution in [0.2, 0.25) is 0 Å². The summed E-state index contributed by atoms with van der Waals surface area (Å²) in [6.45, 7) is 4.09. The number of carboxylic acids is 1. The van der Waals surface area contributed by atoms with E-state index >= 15 is 0 Å². The fourth-order valence-corrected chi connectivity index (χ4v) is 1.98. The molecule has 2 heterocycles. The number of hydrogen-bond donors (Lipinski definition) is 2. The maximum Gasteiger partial charge on any atom is 0.339 e. The average Bonchev–Trinajstić information content (AvgIpc) is 2.70. The smallest absolute Gasteiger partial charge is 0.339 e. The molecule has 0 saturated heterocycles. The van der Waals surface area contributed by atoms with E-state index < -0.39 is 5.97 Å². The summed E-state index contributed by atoms with van der Waals surface area (Å²) < 4.78 is 1.73. The van der Waals surface area contributed by atoms with Crippen molar-refractivity contribution in [2.24, 2.45) is 7.05 Å². The Morgan fingerprint density at radius 2 is 2.21 bits per heavy atom. The van der Waals surface area contributed by atoms with Crippen LogP contribution in [0.4, 0.5) is 5.82 Å². The molecule has 0 radical (unpaired) electrons. The van der Waals surface area contributed by atoms with Crippen molar-refractivity contribution in [2.45, 2.75) is 20.4 Å². The predicted octanol–water partition coefficient (Wildman–Crippen LogP) is 1.74. The van der Waals surface area contributed by atoms with Crippen LogP contribution < -0.4 is 5.32 Å². The third-order valence-electron chi connectivity index (χ3n) is 2.92. The average molecular weight is 260 g/mol. The highest BCUT2D eigenvalue weighted by atomic mass is 16.4. The van der Waals surface area contributed by atoms with Crippen LogP contribution in [0.1, 0.15) is 27.3 Å². The Labute approximate surface area is 111 Å². The van der Waals surface area contributed by atoms with Crippen molar-refractivity contribution >= 4 is 11.8 Å². The maximum absolute atomic E-state index is 11.3. The SMILES string of the molecule is Cc1cc(C)c(C(=O)O)c(NCc2ccnn2C)n1. The van der Waals surface area contributed by atoms with Crippen molar-refractivity contribution in [3.63, 3.8) is 0 Å². The number of nitrogens with zero attached hydrogens (tertiary/aromatic N) is 3. The number of nitrogens with one attached hydrogen (secondary N) is 1. The van der Waals surface area contributed by atoms with Gasteiger partial charge in [0.15, 0.2) is 0 Å². The molecule has 2 aromatic heterocycles. The molecule has 0 atom stereocenters. The van der Waals surface area contributed by atoms with Crippen LogP contribution >= 0.6 is 0 Å². The van der Waals surface area contributed by atoms with E-state index in [1.807, 2.05) is 20.0 Å². The molecule has 0 fully saturated rings. The van der Waals surface area contributed by atoms with Gasteiger partial charge in [0, 0.05) is 18.9 Å². The lowest BCUT2D eigenvalue weighted by molar-refractivity contribution is 0.0697. The third kappa shape index (κ3) is 2.73. The van der Waals surface area contributed by atoms with Crippen LogP contribution in [0.5, 0.6) is 0 Å². The first-order valence-corrected chi connectivity index (χ1v) is 5.91. The molecule has 0 aliphatic heterocycles. The van der Waals surface area contributed by atoms with Gasteiger partial charge in [-0.15, -0.1) is 0 Å². The lowest BCUT2D eigenvalue weighted by Crippen LogP contribution is -2.12. The molecule has 2 rings (SSSR count). The van der Waals surface area contributed by atoms with Gasteiger partial charge < -0.3 is 10.4 Å².